The lowest BCUT2D eigenvalue weighted by Gasteiger charge is -2.12. The van der Waals surface area contributed by atoms with Crippen LogP contribution in [0.15, 0.2) is 46.9 Å². The monoisotopic (exact) mass is 364 g/mol. The highest BCUT2D eigenvalue weighted by atomic mass is 79.9. The number of amides is 1. The number of nitrogens with one attached hydrogen (secondary N) is 2. The van der Waals surface area contributed by atoms with E-state index in [1.54, 1.807) is 12.1 Å². The van der Waals surface area contributed by atoms with E-state index >= 15 is 0 Å². The minimum atomic E-state index is -0.0125. The maximum Gasteiger partial charge on any atom is 0.225 e. The fraction of sp³-hybridized carbons (Fsp3) is 0.188. The van der Waals surface area contributed by atoms with Gasteiger partial charge in [0.2, 0.25) is 5.91 Å². The number of benzene rings is 2. The van der Waals surface area contributed by atoms with Crippen LogP contribution in [0.1, 0.15) is 17.9 Å². The lowest BCUT2D eigenvalue weighted by atomic mass is 9.97. The number of anilines is 2. The number of carbonyl (C=O) groups excluding carboxylic acids is 1. The fourth-order valence-corrected chi connectivity index (χ4v) is 3.08. The normalized spacial score (nSPS) is 16.2. The van der Waals surface area contributed by atoms with Crippen molar-refractivity contribution in [1.29, 1.82) is 0 Å². The number of hydrogen-bond acceptors (Lipinski definition) is 2. The smallest absolute Gasteiger partial charge is 0.225 e. The lowest BCUT2D eigenvalue weighted by Crippen LogP contribution is -2.17. The maximum atomic E-state index is 12.2. The molecule has 0 aliphatic carbocycles. The van der Waals surface area contributed by atoms with E-state index in [-0.39, 0.29) is 11.8 Å². The lowest BCUT2D eigenvalue weighted by molar-refractivity contribution is -0.116. The van der Waals surface area contributed by atoms with Crippen molar-refractivity contribution in [3.05, 3.63) is 57.5 Å². The molecule has 0 saturated carbocycles. The van der Waals surface area contributed by atoms with Crippen LogP contribution in [0.25, 0.3) is 0 Å². The molecule has 2 N–H and O–H groups in total. The summed E-state index contributed by atoms with van der Waals surface area (Å²) in [7, 11) is 0. The Hall–Kier alpha value is -1.52. The molecule has 21 heavy (non-hydrogen) atoms. The average Bonchev–Trinajstić information content (AvgIpc) is 2.86. The van der Waals surface area contributed by atoms with Crippen molar-refractivity contribution in [1.82, 2.24) is 0 Å². The van der Waals surface area contributed by atoms with Crippen LogP contribution in [0.4, 0.5) is 11.4 Å². The molecule has 5 heteroatoms. The van der Waals surface area contributed by atoms with Gasteiger partial charge in [-0.2, -0.15) is 0 Å². The van der Waals surface area contributed by atoms with E-state index in [0.29, 0.717) is 17.1 Å². The molecule has 108 valence electrons. The van der Waals surface area contributed by atoms with Gasteiger partial charge < -0.3 is 10.6 Å². The largest absolute Gasteiger partial charge is 0.384 e. The zero-order valence-electron chi connectivity index (χ0n) is 11.2. The standard InChI is InChI=1S/C16H14BrClN2O/c17-13-6-5-11(18)8-15(13)20-16(21)7-10-9-19-14-4-2-1-3-12(10)14/h1-6,8,10,19H,7,9H2,(H,20,21). The Morgan fingerprint density at radius 1 is 1.33 bits per heavy atom. The first-order valence-corrected chi connectivity index (χ1v) is 7.88. The third-order valence-corrected chi connectivity index (χ3v) is 4.50. The molecule has 0 fully saturated rings. The highest BCUT2D eigenvalue weighted by Gasteiger charge is 2.24. The van der Waals surface area contributed by atoms with Gasteiger partial charge in [0.05, 0.1) is 5.69 Å². The third-order valence-electron chi connectivity index (χ3n) is 3.57. The molecule has 0 spiro atoms. The summed E-state index contributed by atoms with van der Waals surface area (Å²) in [5.41, 5.74) is 3.03. The molecule has 3 rings (SSSR count). The highest BCUT2D eigenvalue weighted by molar-refractivity contribution is 9.10. The zero-order chi connectivity index (χ0) is 14.8. The van der Waals surface area contributed by atoms with Gasteiger partial charge in [0, 0.05) is 34.1 Å². The van der Waals surface area contributed by atoms with Gasteiger partial charge in [-0.1, -0.05) is 29.8 Å². The molecule has 0 saturated heterocycles. The third kappa shape index (κ3) is 3.22. The molecular weight excluding hydrogens is 352 g/mol. The first-order chi connectivity index (χ1) is 10.1. The fourth-order valence-electron chi connectivity index (χ4n) is 2.56. The van der Waals surface area contributed by atoms with Gasteiger partial charge in [0.15, 0.2) is 0 Å². The molecule has 2 aromatic carbocycles. The Morgan fingerprint density at radius 2 is 2.14 bits per heavy atom. The molecule has 1 heterocycles. The van der Waals surface area contributed by atoms with Crippen molar-refractivity contribution in [2.75, 3.05) is 17.2 Å². The van der Waals surface area contributed by atoms with E-state index in [4.69, 9.17) is 11.6 Å². The Morgan fingerprint density at radius 3 is 3.00 bits per heavy atom. The summed E-state index contributed by atoms with van der Waals surface area (Å²) in [4.78, 5) is 12.2. The van der Waals surface area contributed by atoms with Gasteiger partial charge in [-0.25, -0.2) is 0 Å². The molecule has 0 bridgehead atoms. The number of rotatable bonds is 3. The van der Waals surface area contributed by atoms with Crippen LogP contribution in [-0.2, 0) is 4.79 Å². The van der Waals surface area contributed by atoms with Gasteiger partial charge in [-0.15, -0.1) is 0 Å². The van der Waals surface area contributed by atoms with Crippen molar-refractivity contribution in [3.63, 3.8) is 0 Å². The second-order valence-electron chi connectivity index (χ2n) is 5.04. The second kappa shape index (κ2) is 6.08. The molecule has 0 radical (unpaired) electrons. The topological polar surface area (TPSA) is 41.1 Å². The minimum Gasteiger partial charge on any atom is -0.384 e. The van der Waals surface area contributed by atoms with Crippen molar-refractivity contribution < 1.29 is 4.79 Å². The minimum absolute atomic E-state index is 0.0125. The summed E-state index contributed by atoms with van der Waals surface area (Å²) in [6, 6.07) is 13.5. The van der Waals surface area contributed by atoms with Crippen LogP contribution in [-0.4, -0.2) is 12.5 Å². The van der Waals surface area contributed by atoms with Crippen molar-refractivity contribution in [3.8, 4) is 0 Å². The molecule has 1 amide bonds. The Bertz CT molecular complexity index is 690. The zero-order valence-corrected chi connectivity index (χ0v) is 13.5. The summed E-state index contributed by atoms with van der Waals surface area (Å²) >= 11 is 9.37. The molecule has 2 aromatic rings. The van der Waals surface area contributed by atoms with Crippen LogP contribution in [0.5, 0.6) is 0 Å². The number of carbonyl (C=O) groups is 1. The number of hydrogen-bond donors (Lipinski definition) is 2. The van der Waals surface area contributed by atoms with Crippen LogP contribution in [0.3, 0.4) is 0 Å². The van der Waals surface area contributed by atoms with Gasteiger partial charge >= 0.3 is 0 Å². The number of para-hydroxylation sites is 1. The Balaban J connectivity index is 1.69. The Labute approximate surface area is 136 Å². The van der Waals surface area contributed by atoms with Crippen molar-refractivity contribution in [2.45, 2.75) is 12.3 Å². The summed E-state index contributed by atoms with van der Waals surface area (Å²) in [6.07, 6.45) is 0.447. The van der Waals surface area contributed by atoms with E-state index in [1.807, 2.05) is 24.3 Å². The molecule has 3 nitrogen and oxygen atoms in total. The number of fused-ring (bicyclic) bond motifs is 1. The van der Waals surface area contributed by atoms with Gasteiger partial charge in [-0.05, 0) is 45.8 Å². The summed E-state index contributed by atoms with van der Waals surface area (Å²) in [5.74, 6) is 0.195. The maximum absolute atomic E-state index is 12.2. The summed E-state index contributed by atoms with van der Waals surface area (Å²) < 4.78 is 0.824. The van der Waals surface area contributed by atoms with E-state index in [1.165, 1.54) is 5.56 Å². The van der Waals surface area contributed by atoms with Crippen molar-refractivity contribution in [2.24, 2.45) is 0 Å². The van der Waals surface area contributed by atoms with Crippen LogP contribution >= 0.6 is 27.5 Å². The van der Waals surface area contributed by atoms with Gasteiger partial charge in [0.1, 0.15) is 0 Å². The highest BCUT2D eigenvalue weighted by Crippen LogP contribution is 2.34. The molecule has 0 aromatic heterocycles. The molecular formula is C16H14BrClN2O. The van der Waals surface area contributed by atoms with Crippen LogP contribution in [0, 0.1) is 0 Å². The summed E-state index contributed by atoms with van der Waals surface area (Å²) in [5, 5.41) is 6.84. The van der Waals surface area contributed by atoms with Crippen molar-refractivity contribution >= 4 is 44.8 Å². The van der Waals surface area contributed by atoms with E-state index in [2.05, 4.69) is 32.6 Å². The van der Waals surface area contributed by atoms with E-state index < -0.39 is 0 Å². The summed E-state index contributed by atoms with van der Waals surface area (Å²) in [6.45, 7) is 0.795. The van der Waals surface area contributed by atoms with Gasteiger partial charge in [-0.3, -0.25) is 4.79 Å². The van der Waals surface area contributed by atoms with Crippen LogP contribution < -0.4 is 10.6 Å². The molecule has 1 unspecified atom stereocenters. The average molecular weight is 366 g/mol. The predicted octanol–water partition coefficient (Wildman–Crippen LogP) is 4.64. The van der Waals surface area contributed by atoms with E-state index in [9.17, 15) is 4.79 Å². The SMILES string of the molecule is O=C(CC1CNc2ccccc21)Nc1cc(Cl)ccc1Br. The van der Waals surface area contributed by atoms with Gasteiger partial charge in [0.25, 0.3) is 0 Å². The molecule has 1 aliphatic rings. The first kappa shape index (κ1) is 14.4. The predicted molar refractivity (Wildman–Crippen MR) is 90.1 cm³/mol. The first-order valence-electron chi connectivity index (χ1n) is 6.71. The van der Waals surface area contributed by atoms with E-state index in [0.717, 1.165) is 16.7 Å². The molecule has 1 aliphatic heterocycles. The quantitative estimate of drug-likeness (QED) is 0.832. The number of halogens is 2. The molecule has 1 atom stereocenters. The Kier molecular flexibility index (Phi) is 4.17. The second-order valence-corrected chi connectivity index (χ2v) is 6.33. The van der Waals surface area contributed by atoms with Crippen LogP contribution in [0.2, 0.25) is 5.02 Å².